The number of carbonyl (C=O) groups excluding carboxylic acids is 1. The molecule has 1 N–H and O–H groups in total. The summed E-state index contributed by atoms with van der Waals surface area (Å²) in [6.07, 6.45) is 4.70. The minimum absolute atomic E-state index is 0.0845. The molecule has 0 spiro atoms. The zero-order chi connectivity index (χ0) is 13.9. The lowest BCUT2D eigenvalue weighted by atomic mass is 10.1. The Morgan fingerprint density at radius 1 is 1.10 bits per heavy atom. The third-order valence-electron chi connectivity index (χ3n) is 2.90. The first-order chi connectivity index (χ1) is 9.74. The van der Waals surface area contributed by atoms with Gasteiger partial charge in [0, 0.05) is 29.7 Å². The fourth-order valence-corrected chi connectivity index (χ4v) is 1.92. The maximum absolute atomic E-state index is 13.4. The van der Waals surface area contributed by atoms with Crippen LogP contribution in [0.25, 0.3) is 10.8 Å². The number of nitrogens with one attached hydrogen (secondary N) is 1. The molecule has 3 aromatic rings. The number of rotatable bonds is 2. The lowest BCUT2D eigenvalue weighted by Crippen LogP contribution is -2.14. The lowest BCUT2D eigenvalue weighted by molar-refractivity contribution is 0.102. The highest BCUT2D eigenvalue weighted by molar-refractivity contribution is 6.05. The molecule has 2 heterocycles. The van der Waals surface area contributed by atoms with Crippen molar-refractivity contribution in [2.75, 3.05) is 5.32 Å². The van der Waals surface area contributed by atoms with Crippen LogP contribution in [-0.4, -0.2) is 15.9 Å². The summed E-state index contributed by atoms with van der Waals surface area (Å²) in [5.41, 5.74) is 0.498. The highest BCUT2D eigenvalue weighted by Crippen LogP contribution is 2.18. The number of nitrogens with zero attached hydrogens (tertiary/aromatic N) is 2. The Balaban J connectivity index is 1.89. The van der Waals surface area contributed by atoms with E-state index in [0.717, 1.165) is 10.8 Å². The predicted molar refractivity (Wildman–Crippen MR) is 73.9 cm³/mol. The summed E-state index contributed by atoms with van der Waals surface area (Å²) in [5, 5.41) is 4.56. The molecule has 4 nitrogen and oxygen atoms in total. The van der Waals surface area contributed by atoms with Crippen LogP contribution in [0.1, 0.15) is 10.4 Å². The lowest BCUT2D eigenvalue weighted by Gasteiger charge is -2.06. The van der Waals surface area contributed by atoms with Crippen LogP contribution in [0.2, 0.25) is 0 Å². The number of anilines is 1. The standard InChI is InChI=1S/C15H10FN3O/c16-14-13(2-1-6-18-14)15(20)19-12-4-3-10-5-7-17-9-11(10)8-12/h1-9H,(H,19,20). The van der Waals surface area contributed by atoms with Gasteiger partial charge < -0.3 is 5.32 Å². The van der Waals surface area contributed by atoms with Gasteiger partial charge >= 0.3 is 0 Å². The molecule has 1 aromatic carbocycles. The third-order valence-corrected chi connectivity index (χ3v) is 2.90. The second-order valence-corrected chi connectivity index (χ2v) is 4.23. The van der Waals surface area contributed by atoms with Gasteiger partial charge in [0.05, 0.1) is 5.56 Å². The third kappa shape index (κ3) is 2.33. The van der Waals surface area contributed by atoms with Gasteiger partial charge in [0.15, 0.2) is 0 Å². The summed E-state index contributed by atoms with van der Waals surface area (Å²) in [6.45, 7) is 0. The van der Waals surface area contributed by atoms with Gasteiger partial charge in [-0.2, -0.15) is 4.39 Å². The average molecular weight is 267 g/mol. The van der Waals surface area contributed by atoms with E-state index in [2.05, 4.69) is 15.3 Å². The molecule has 98 valence electrons. The topological polar surface area (TPSA) is 54.9 Å². The monoisotopic (exact) mass is 267 g/mol. The summed E-state index contributed by atoms with van der Waals surface area (Å²) in [4.78, 5) is 19.4. The highest BCUT2D eigenvalue weighted by Gasteiger charge is 2.12. The molecule has 0 atom stereocenters. The number of hydrogen-bond acceptors (Lipinski definition) is 3. The van der Waals surface area contributed by atoms with E-state index in [0.29, 0.717) is 5.69 Å². The van der Waals surface area contributed by atoms with E-state index in [1.807, 2.05) is 12.1 Å². The van der Waals surface area contributed by atoms with Gasteiger partial charge in [-0.15, -0.1) is 0 Å². The average Bonchev–Trinajstić information content (AvgIpc) is 2.47. The number of benzene rings is 1. The number of halogens is 1. The van der Waals surface area contributed by atoms with Crippen LogP contribution in [-0.2, 0) is 0 Å². The zero-order valence-electron chi connectivity index (χ0n) is 10.4. The van der Waals surface area contributed by atoms with Crippen molar-refractivity contribution in [3.63, 3.8) is 0 Å². The molecule has 2 aromatic heterocycles. The molecule has 3 rings (SSSR count). The summed E-state index contributed by atoms with van der Waals surface area (Å²) in [5.74, 6) is -1.31. The van der Waals surface area contributed by atoms with Gasteiger partial charge in [0.25, 0.3) is 5.91 Å². The van der Waals surface area contributed by atoms with Crippen molar-refractivity contribution in [2.24, 2.45) is 0 Å². The zero-order valence-corrected chi connectivity index (χ0v) is 10.4. The molecule has 0 aliphatic rings. The van der Waals surface area contributed by atoms with Crippen molar-refractivity contribution >= 4 is 22.4 Å². The van der Waals surface area contributed by atoms with E-state index in [9.17, 15) is 9.18 Å². The van der Waals surface area contributed by atoms with Gasteiger partial charge in [-0.25, -0.2) is 4.98 Å². The predicted octanol–water partition coefficient (Wildman–Crippen LogP) is 3.02. The maximum atomic E-state index is 13.4. The fraction of sp³-hybridized carbons (Fsp3) is 0. The van der Waals surface area contributed by atoms with E-state index in [1.54, 1.807) is 24.5 Å². The molecule has 5 heteroatoms. The molecule has 0 radical (unpaired) electrons. The van der Waals surface area contributed by atoms with E-state index >= 15 is 0 Å². The molecular formula is C15H10FN3O. The quantitative estimate of drug-likeness (QED) is 0.726. The van der Waals surface area contributed by atoms with Crippen molar-refractivity contribution in [2.45, 2.75) is 0 Å². The van der Waals surface area contributed by atoms with Crippen molar-refractivity contribution < 1.29 is 9.18 Å². The van der Waals surface area contributed by atoms with E-state index in [1.165, 1.54) is 18.3 Å². The van der Waals surface area contributed by atoms with E-state index in [4.69, 9.17) is 0 Å². The molecule has 20 heavy (non-hydrogen) atoms. The number of pyridine rings is 2. The van der Waals surface area contributed by atoms with Crippen LogP contribution in [0.3, 0.4) is 0 Å². The van der Waals surface area contributed by atoms with Gasteiger partial charge in [-0.3, -0.25) is 9.78 Å². The summed E-state index contributed by atoms with van der Waals surface area (Å²) in [6, 6.07) is 10.2. The Labute approximate surface area is 114 Å². The summed E-state index contributed by atoms with van der Waals surface area (Å²) < 4.78 is 13.4. The molecule has 0 aliphatic carbocycles. The first kappa shape index (κ1) is 12.2. The molecule has 0 unspecified atom stereocenters. The fourth-order valence-electron chi connectivity index (χ4n) is 1.92. The van der Waals surface area contributed by atoms with Crippen molar-refractivity contribution in [3.05, 3.63) is 66.5 Å². The van der Waals surface area contributed by atoms with E-state index < -0.39 is 11.9 Å². The number of amides is 1. The van der Waals surface area contributed by atoms with Crippen LogP contribution in [0.15, 0.2) is 55.0 Å². The molecule has 0 bridgehead atoms. The second-order valence-electron chi connectivity index (χ2n) is 4.23. The molecular weight excluding hydrogens is 257 g/mol. The first-order valence-corrected chi connectivity index (χ1v) is 6.00. The van der Waals surface area contributed by atoms with Crippen LogP contribution in [0.4, 0.5) is 10.1 Å². The normalized spacial score (nSPS) is 10.4. The number of hydrogen-bond donors (Lipinski definition) is 1. The number of carbonyl (C=O) groups is 1. The van der Waals surface area contributed by atoms with Crippen LogP contribution in [0.5, 0.6) is 0 Å². The number of fused-ring (bicyclic) bond motifs is 1. The van der Waals surface area contributed by atoms with Crippen LogP contribution < -0.4 is 5.32 Å². The summed E-state index contributed by atoms with van der Waals surface area (Å²) in [7, 11) is 0. The molecule has 0 saturated carbocycles. The smallest absolute Gasteiger partial charge is 0.260 e. The van der Waals surface area contributed by atoms with Crippen molar-refractivity contribution in [3.8, 4) is 0 Å². The summed E-state index contributed by atoms with van der Waals surface area (Å²) >= 11 is 0. The van der Waals surface area contributed by atoms with Crippen molar-refractivity contribution in [1.29, 1.82) is 0 Å². The Kier molecular flexibility index (Phi) is 3.09. The second kappa shape index (κ2) is 5.05. The largest absolute Gasteiger partial charge is 0.322 e. The minimum atomic E-state index is -0.785. The molecule has 0 aliphatic heterocycles. The van der Waals surface area contributed by atoms with Gasteiger partial charge in [0.1, 0.15) is 0 Å². The van der Waals surface area contributed by atoms with Crippen LogP contribution in [0, 0.1) is 5.95 Å². The highest BCUT2D eigenvalue weighted by atomic mass is 19.1. The molecule has 1 amide bonds. The van der Waals surface area contributed by atoms with Crippen LogP contribution >= 0.6 is 0 Å². The molecule has 0 fully saturated rings. The number of aromatic nitrogens is 2. The van der Waals surface area contributed by atoms with E-state index in [-0.39, 0.29) is 5.56 Å². The minimum Gasteiger partial charge on any atom is -0.322 e. The maximum Gasteiger partial charge on any atom is 0.260 e. The Morgan fingerprint density at radius 3 is 2.85 bits per heavy atom. The van der Waals surface area contributed by atoms with Gasteiger partial charge in [-0.05, 0) is 35.7 Å². The molecule has 0 saturated heterocycles. The van der Waals surface area contributed by atoms with Gasteiger partial charge in [-0.1, -0.05) is 6.07 Å². The Hall–Kier alpha value is -2.82. The SMILES string of the molecule is O=C(Nc1ccc2ccncc2c1)c1cccnc1F. The Morgan fingerprint density at radius 2 is 2.00 bits per heavy atom. The van der Waals surface area contributed by atoms with Gasteiger partial charge in [0.2, 0.25) is 5.95 Å². The van der Waals surface area contributed by atoms with Crippen molar-refractivity contribution in [1.82, 2.24) is 9.97 Å². The first-order valence-electron chi connectivity index (χ1n) is 6.00. The Bertz CT molecular complexity index is 789.